The van der Waals surface area contributed by atoms with Crippen LogP contribution in [-0.4, -0.2) is 5.78 Å². The zero-order valence-corrected chi connectivity index (χ0v) is 9.78. The number of hydrogen-bond acceptors (Lipinski definition) is 1. The second kappa shape index (κ2) is 3.73. The standard InChI is InChI=1S/C15H18O/c1-10-11-6-2-3-7-12(11)13-8-4-5-9-14(16)15(10)13/h2-3,6-7,10,13,15H,4-5,8-9H2,1H3/t10-,13+,15+/m1/s1. The fourth-order valence-electron chi connectivity index (χ4n) is 3.67. The molecule has 0 aromatic heterocycles. The minimum atomic E-state index is 0.278. The van der Waals surface area contributed by atoms with Crippen molar-refractivity contribution < 1.29 is 4.79 Å². The van der Waals surface area contributed by atoms with Crippen molar-refractivity contribution in [2.45, 2.75) is 44.4 Å². The number of fused-ring (bicyclic) bond motifs is 3. The Hall–Kier alpha value is -1.11. The summed E-state index contributed by atoms with van der Waals surface area (Å²) in [5, 5.41) is 0. The predicted octanol–water partition coefficient (Wildman–Crippen LogP) is 3.65. The van der Waals surface area contributed by atoms with Crippen LogP contribution < -0.4 is 0 Å². The van der Waals surface area contributed by atoms with Gasteiger partial charge in [-0.3, -0.25) is 4.79 Å². The van der Waals surface area contributed by atoms with E-state index in [1.807, 2.05) is 0 Å². The molecule has 1 fully saturated rings. The fraction of sp³-hybridized carbons (Fsp3) is 0.533. The Kier molecular flexibility index (Phi) is 2.34. The first kappa shape index (κ1) is 10.1. The molecule has 84 valence electrons. The van der Waals surface area contributed by atoms with Crippen molar-refractivity contribution in [3.05, 3.63) is 35.4 Å². The highest BCUT2D eigenvalue weighted by Crippen LogP contribution is 2.50. The van der Waals surface area contributed by atoms with Crippen LogP contribution in [0, 0.1) is 5.92 Å². The molecule has 1 saturated carbocycles. The van der Waals surface area contributed by atoms with Crippen LogP contribution in [0.1, 0.15) is 55.6 Å². The highest BCUT2D eigenvalue weighted by atomic mass is 16.1. The lowest BCUT2D eigenvalue weighted by atomic mass is 9.83. The summed E-state index contributed by atoms with van der Waals surface area (Å²) >= 11 is 0. The summed E-state index contributed by atoms with van der Waals surface area (Å²) < 4.78 is 0. The summed E-state index contributed by atoms with van der Waals surface area (Å²) in [5.41, 5.74) is 2.88. The third-order valence-electron chi connectivity index (χ3n) is 4.42. The van der Waals surface area contributed by atoms with E-state index < -0.39 is 0 Å². The molecule has 1 aromatic rings. The van der Waals surface area contributed by atoms with E-state index in [1.165, 1.54) is 24.0 Å². The molecule has 0 unspecified atom stereocenters. The Bertz CT molecular complexity index is 421. The van der Waals surface area contributed by atoms with E-state index in [0.717, 1.165) is 12.8 Å². The lowest BCUT2D eigenvalue weighted by Gasteiger charge is -2.19. The maximum Gasteiger partial charge on any atom is 0.137 e. The van der Waals surface area contributed by atoms with E-state index in [1.54, 1.807) is 0 Å². The summed E-state index contributed by atoms with van der Waals surface area (Å²) in [6.45, 7) is 2.23. The second-order valence-electron chi connectivity index (χ2n) is 5.26. The normalized spacial score (nSPS) is 33.1. The summed E-state index contributed by atoms with van der Waals surface area (Å²) in [7, 11) is 0. The van der Waals surface area contributed by atoms with Gasteiger partial charge in [0.15, 0.2) is 0 Å². The number of carbonyl (C=O) groups excluding carboxylic acids is 1. The largest absolute Gasteiger partial charge is 0.299 e. The monoisotopic (exact) mass is 214 g/mol. The summed E-state index contributed by atoms with van der Waals surface area (Å²) in [5.74, 6) is 1.74. The molecular weight excluding hydrogens is 196 g/mol. The van der Waals surface area contributed by atoms with Gasteiger partial charge in [-0.05, 0) is 35.8 Å². The maximum absolute atomic E-state index is 12.2. The molecule has 16 heavy (non-hydrogen) atoms. The van der Waals surface area contributed by atoms with E-state index in [-0.39, 0.29) is 5.92 Å². The smallest absolute Gasteiger partial charge is 0.137 e. The Morgan fingerprint density at radius 1 is 1.12 bits per heavy atom. The van der Waals surface area contributed by atoms with Crippen molar-refractivity contribution in [1.82, 2.24) is 0 Å². The highest BCUT2D eigenvalue weighted by molar-refractivity contribution is 5.84. The van der Waals surface area contributed by atoms with Crippen LogP contribution in [-0.2, 0) is 4.79 Å². The minimum Gasteiger partial charge on any atom is -0.299 e. The molecule has 0 radical (unpaired) electrons. The Morgan fingerprint density at radius 3 is 2.69 bits per heavy atom. The number of rotatable bonds is 0. The van der Waals surface area contributed by atoms with Gasteiger partial charge >= 0.3 is 0 Å². The Morgan fingerprint density at radius 2 is 1.88 bits per heavy atom. The third-order valence-corrected chi connectivity index (χ3v) is 4.42. The van der Waals surface area contributed by atoms with E-state index in [4.69, 9.17) is 0 Å². The van der Waals surface area contributed by atoms with Crippen molar-refractivity contribution in [2.24, 2.45) is 5.92 Å². The van der Waals surface area contributed by atoms with Gasteiger partial charge in [-0.15, -0.1) is 0 Å². The van der Waals surface area contributed by atoms with Crippen molar-refractivity contribution in [3.63, 3.8) is 0 Å². The second-order valence-corrected chi connectivity index (χ2v) is 5.26. The average molecular weight is 214 g/mol. The van der Waals surface area contributed by atoms with Gasteiger partial charge in [0.1, 0.15) is 5.78 Å². The molecule has 0 heterocycles. The summed E-state index contributed by atoms with van der Waals surface area (Å²) in [4.78, 5) is 12.2. The number of hydrogen-bond donors (Lipinski definition) is 0. The molecule has 3 atom stereocenters. The van der Waals surface area contributed by atoms with E-state index >= 15 is 0 Å². The van der Waals surface area contributed by atoms with Crippen LogP contribution in [0.3, 0.4) is 0 Å². The molecule has 2 aliphatic rings. The number of ketones is 1. The zero-order valence-electron chi connectivity index (χ0n) is 9.78. The highest BCUT2D eigenvalue weighted by Gasteiger charge is 2.42. The molecule has 0 amide bonds. The van der Waals surface area contributed by atoms with E-state index in [9.17, 15) is 4.79 Å². The van der Waals surface area contributed by atoms with E-state index in [0.29, 0.717) is 17.6 Å². The molecular formula is C15H18O. The quantitative estimate of drug-likeness (QED) is 0.644. The molecule has 1 nitrogen and oxygen atoms in total. The summed E-state index contributed by atoms with van der Waals surface area (Å²) in [6.07, 6.45) is 4.33. The molecule has 1 aromatic carbocycles. The number of carbonyl (C=O) groups is 1. The van der Waals surface area contributed by atoms with Gasteiger partial charge in [0.05, 0.1) is 0 Å². The van der Waals surface area contributed by atoms with Gasteiger partial charge < -0.3 is 0 Å². The predicted molar refractivity (Wildman–Crippen MR) is 64.6 cm³/mol. The van der Waals surface area contributed by atoms with Crippen molar-refractivity contribution in [3.8, 4) is 0 Å². The van der Waals surface area contributed by atoms with Crippen LogP contribution in [0.25, 0.3) is 0 Å². The first-order valence-corrected chi connectivity index (χ1v) is 6.40. The minimum absolute atomic E-state index is 0.278. The number of Topliss-reactive ketones (excluding diaryl/α,β-unsaturated/α-hetero) is 1. The van der Waals surface area contributed by atoms with Gasteiger partial charge in [-0.2, -0.15) is 0 Å². The molecule has 3 rings (SSSR count). The van der Waals surface area contributed by atoms with Crippen molar-refractivity contribution >= 4 is 5.78 Å². The van der Waals surface area contributed by atoms with Crippen LogP contribution in [0.15, 0.2) is 24.3 Å². The van der Waals surface area contributed by atoms with Crippen LogP contribution in [0.4, 0.5) is 0 Å². The van der Waals surface area contributed by atoms with Gasteiger partial charge in [0, 0.05) is 12.3 Å². The van der Waals surface area contributed by atoms with Crippen LogP contribution in [0.2, 0.25) is 0 Å². The van der Waals surface area contributed by atoms with Gasteiger partial charge in [-0.1, -0.05) is 37.6 Å². The molecule has 1 heteroatoms. The molecule has 0 N–H and O–H groups in total. The SMILES string of the molecule is C[C@@H]1c2ccccc2[C@@H]2CCCCC(=O)[C@@H]12. The maximum atomic E-state index is 12.2. The lowest BCUT2D eigenvalue weighted by Crippen LogP contribution is -2.19. The van der Waals surface area contributed by atoms with Crippen molar-refractivity contribution in [1.29, 1.82) is 0 Å². The molecule has 2 aliphatic carbocycles. The molecule has 0 aliphatic heterocycles. The average Bonchev–Trinajstić information content (AvgIpc) is 2.46. The Balaban J connectivity index is 2.08. The molecule has 0 spiro atoms. The number of benzene rings is 1. The van der Waals surface area contributed by atoms with Crippen molar-refractivity contribution in [2.75, 3.05) is 0 Å². The molecule has 0 saturated heterocycles. The first-order chi connectivity index (χ1) is 7.79. The lowest BCUT2D eigenvalue weighted by molar-refractivity contribution is -0.123. The fourth-order valence-corrected chi connectivity index (χ4v) is 3.67. The van der Waals surface area contributed by atoms with Gasteiger partial charge in [0.2, 0.25) is 0 Å². The Labute approximate surface area is 96.9 Å². The molecule has 0 bridgehead atoms. The topological polar surface area (TPSA) is 17.1 Å². The third kappa shape index (κ3) is 1.34. The van der Waals surface area contributed by atoms with E-state index in [2.05, 4.69) is 31.2 Å². The first-order valence-electron chi connectivity index (χ1n) is 6.40. The van der Waals surface area contributed by atoms with Gasteiger partial charge in [-0.25, -0.2) is 0 Å². The van der Waals surface area contributed by atoms with Gasteiger partial charge in [0.25, 0.3) is 0 Å². The zero-order chi connectivity index (χ0) is 11.1. The van der Waals surface area contributed by atoms with Crippen LogP contribution in [0.5, 0.6) is 0 Å². The van der Waals surface area contributed by atoms with Crippen LogP contribution >= 0.6 is 0 Å². The summed E-state index contributed by atoms with van der Waals surface area (Å²) in [6, 6.07) is 8.66.